The molecule has 0 aliphatic carbocycles. The predicted octanol–water partition coefficient (Wildman–Crippen LogP) is 1.56. The quantitative estimate of drug-likeness (QED) is 0.675. The number of benzene rings is 2. The Kier molecular flexibility index (Phi) is 6.15. The van der Waals surface area contributed by atoms with Gasteiger partial charge in [0.1, 0.15) is 5.56 Å². The smallest absolute Gasteiger partial charge is 0.342 e. The van der Waals surface area contributed by atoms with E-state index < -0.39 is 18.5 Å². The Balaban J connectivity index is 1.92. The third-order valence-electron chi connectivity index (χ3n) is 3.43. The lowest BCUT2D eigenvalue weighted by Gasteiger charge is -2.09. The number of hydrogen-bond acceptors (Lipinski definition) is 6. The number of carbonyl (C=O) groups is 3. The van der Waals surface area contributed by atoms with Crippen LogP contribution in [-0.2, 0) is 9.53 Å². The van der Waals surface area contributed by atoms with Crippen molar-refractivity contribution in [2.45, 2.75) is 0 Å². The van der Waals surface area contributed by atoms with Gasteiger partial charge in [0, 0.05) is 18.3 Å². The molecule has 0 spiro atoms. The van der Waals surface area contributed by atoms with E-state index in [4.69, 9.17) is 9.47 Å². The molecule has 2 aromatic rings. The zero-order chi connectivity index (χ0) is 19.1. The molecule has 0 radical (unpaired) electrons. The van der Waals surface area contributed by atoms with Crippen LogP contribution >= 0.6 is 0 Å². The van der Waals surface area contributed by atoms with Crippen LogP contribution in [0.5, 0.6) is 11.5 Å². The summed E-state index contributed by atoms with van der Waals surface area (Å²) in [5, 5.41) is 14.9. The number of rotatable bonds is 6. The molecule has 8 heteroatoms. The molecule has 8 nitrogen and oxygen atoms in total. The highest BCUT2D eigenvalue weighted by Gasteiger charge is 2.17. The second-order valence-electron chi connectivity index (χ2n) is 5.14. The van der Waals surface area contributed by atoms with Gasteiger partial charge in [-0.1, -0.05) is 6.07 Å². The molecule has 0 fully saturated rings. The van der Waals surface area contributed by atoms with Crippen molar-refractivity contribution in [1.29, 1.82) is 0 Å². The average molecular weight is 358 g/mol. The standard InChI is InChI=1S/C18H18N2O6/c1-19-17(23)11-6-8-12(9-7-11)20-15(21)10-26-18(24)13-4-3-5-14(25-2)16(13)22/h3-9,22H,10H2,1-2H3,(H,19,23)(H,20,21). The van der Waals surface area contributed by atoms with Crippen molar-refractivity contribution >= 4 is 23.5 Å². The lowest BCUT2D eigenvalue weighted by atomic mass is 10.2. The van der Waals surface area contributed by atoms with Crippen LogP contribution in [0.4, 0.5) is 5.69 Å². The summed E-state index contributed by atoms with van der Waals surface area (Å²) in [5.74, 6) is -1.89. The summed E-state index contributed by atoms with van der Waals surface area (Å²) in [6.45, 7) is -0.535. The second-order valence-corrected chi connectivity index (χ2v) is 5.14. The molecule has 0 aromatic heterocycles. The van der Waals surface area contributed by atoms with Crippen molar-refractivity contribution in [3.63, 3.8) is 0 Å². The van der Waals surface area contributed by atoms with E-state index in [1.807, 2.05) is 0 Å². The topological polar surface area (TPSA) is 114 Å². The molecule has 2 aromatic carbocycles. The Morgan fingerprint density at radius 1 is 1.08 bits per heavy atom. The molecular formula is C18H18N2O6. The maximum absolute atomic E-state index is 12.0. The lowest BCUT2D eigenvalue weighted by molar-refractivity contribution is -0.119. The van der Waals surface area contributed by atoms with Gasteiger partial charge < -0.3 is 25.2 Å². The highest BCUT2D eigenvalue weighted by Crippen LogP contribution is 2.29. The van der Waals surface area contributed by atoms with Gasteiger partial charge >= 0.3 is 5.97 Å². The number of hydrogen-bond donors (Lipinski definition) is 3. The highest BCUT2D eigenvalue weighted by molar-refractivity contribution is 5.98. The summed E-state index contributed by atoms with van der Waals surface area (Å²) in [7, 11) is 2.87. The van der Waals surface area contributed by atoms with Gasteiger partial charge in [0.2, 0.25) is 0 Å². The van der Waals surface area contributed by atoms with Gasteiger partial charge in [0.05, 0.1) is 7.11 Å². The molecule has 0 aliphatic heterocycles. The summed E-state index contributed by atoms with van der Waals surface area (Å²) in [5.41, 5.74) is 0.792. The molecule has 3 N–H and O–H groups in total. The number of nitrogens with one attached hydrogen (secondary N) is 2. The molecule has 2 amide bonds. The van der Waals surface area contributed by atoms with E-state index in [-0.39, 0.29) is 23.0 Å². The van der Waals surface area contributed by atoms with Crippen LogP contribution in [0.1, 0.15) is 20.7 Å². The number of phenols is 1. The SMILES string of the molecule is CNC(=O)c1ccc(NC(=O)COC(=O)c2cccc(OC)c2O)cc1. The van der Waals surface area contributed by atoms with Crippen molar-refractivity contribution in [3.05, 3.63) is 53.6 Å². The number of carbonyl (C=O) groups excluding carboxylic acids is 3. The van der Waals surface area contributed by atoms with Crippen molar-refractivity contribution in [1.82, 2.24) is 5.32 Å². The van der Waals surface area contributed by atoms with Gasteiger partial charge in [0.25, 0.3) is 11.8 Å². The van der Waals surface area contributed by atoms with Crippen LogP contribution < -0.4 is 15.4 Å². The minimum Gasteiger partial charge on any atom is -0.504 e. The van der Waals surface area contributed by atoms with Gasteiger partial charge in [-0.2, -0.15) is 0 Å². The van der Waals surface area contributed by atoms with E-state index in [1.165, 1.54) is 32.4 Å². The fraction of sp³-hybridized carbons (Fsp3) is 0.167. The first-order valence-electron chi connectivity index (χ1n) is 7.61. The summed E-state index contributed by atoms with van der Waals surface area (Å²) >= 11 is 0. The summed E-state index contributed by atoms with van der Waals surface area (Å²) < 4.78 is 9.80. The number of amides is 2. The molecule has 0 saturated heterocycles. The van der Waals surface area contributed by atoms with Gasteiger partial charge in [-0.3, -0.25) is 9.59 Å². The van der Waals surface area contributed by atoms with E-state index in [0.29, 0.717) is 11.3 Å². The zero-order valence-electron chi connectivity index (χ0n) is 14.2. The Labute approximate surface area is 149 Å². The fourth-order valence-corrected chi connectivity index (χ4v) is 2.11. The van der Waals surface area contributed by atoms with E-state index in [9.17, 15) is 19.5 Å². The average Bonchev–Trinajstić information content (AvgIpc) is 2.66. The molecule has 0 aliphatic rings. The normalized spacial score (nSPS) is 9.92. The van der Waals surface area contributed by atoms with Crippen LogP contribution in [0.25, 0.3) is 0 Å². The van der Waals surface area contributed by atoms with Gasteiger partial charge in [-0.25, -0.2) is 4.79 Å². The predicted molar refractivity (Wildman–Crippen MR) is 93.4 cm³/mol. The van der Waals surface area contributed by atoms with Crippen LogP contribution in [0, 0.1) is 0 Å². The van der Waals surface area contributed by atoms with E-state index in [1.54, 1.807) is 24.3 Å². The molecular weight excluding hydrogens is 340 g/mol. The molecule has 0 bridgehead atoms. The van der Waals surface area contributed by atoms with Crippen LogP contribution in [0.3, 0.4) is 0 Å². The summed E-state index contributed by atoms with van der Waals surface area (Å²) in [6.07, 6.45) is 0. The number of para-hydroxylation sites is 1. The van der Waals surface area contributed by atoms with Crippen molar-refractivity contribution in [2.24, 2.45) is 0 Å². The Hall–Kier alpha value is -3.55. The highest BCUT2D eigenvalue weighted by atomic mass is 16.5. The molecule has 0 saturated carbocycles. The van der Waals surface area contributed by atoms with Crippen molar-refractivity contribution in [3.8, 4) is 11.5 Å². The summed E-state index contributed by atoms with van der Waals surface area (Å²) in [6, 6.07) is 10.6. The first-order chi connectivity index (χ1) is 12.5. The largest absolute Gasteiger partial charge is 0.504 e. The van der Waals surface area contributed by atoms with E-state index >= 15 is 0 Å². The van der Waals surface area contributed by atoms with Gasteiger partial charge in [-0.05, 0) is 36.4 Å². The first kappa shape index (κ1) is 18.8. The third kappa shape index (κ3) is 4.50. The van der Waals surface area contributed by atoms with Gasteiger partial charge in [0.15, 0.2) is 18.1 Å². The first-order valence-corrected chi connectivity index (χ1v) is 7.61. The molecule has 136 valence electrons. The molecule has 0 heterocycles. The van der Waals surface area contributed by atoms with Crippen molar-refractivity contribution in [2.75, 3.05) is 26.1 Å². The second kappa shape index (κ2) is 8.52. The molecule has 0 atom stereocenters. The van der Waals surface area contributed by atoms with Crippen molar-refractivity contribution < 1.29 is 29.0 Å². The number of esters is 1. The van der Waals surface area contributed by atoms with Crippen LogP contribution in [-0.4, -0.2) is 43.7 Å². The Bertz CT molecular complexity index is 817. The maximum Gasteiger partial charge on any atom is 0.342 e. The zero-order valence-corrected chi connectivity index (χ0v) is 14.2. The van der Waals surface area contributed by atoms with Crippen LogP contribution in [0.2, 0.25) is 0 Å². The molecule has 2 rings (SSSR count). The fourth-order valence-electron chi connectivity index (χ4n) is 2.11. The third-order valence-corrected chi connectivity index (χ3v) is 3.43. The van der Waals surface area contributed by atoms with E-state index in [0.717, 1.165) is 0 Å². The minimum atomic E-state index is -0.855. The van der Waals surface area contributed by atoms with Gasteiger partial charge in [-0.15, -0.1) is 0 Å². The molecule has 26 heavy (non-hydrogen) atoms. The Morgan fingerprint density at radius 3 is 2.38 bits per heavy atom. The summed E-state index contributed by atoms with van der Waals surface area (Å²) in [4.78, 5) is 35.3. The molecule has 0 unspecified atom stereocenters. The number of phenolic OH excluding ortho intramolecular Hbond substituents is 1. The Morgan fingerprint density at radius 2 is 1.77 bits per heavy atom. The van der Waals surface area contributed by atoms with E-state index in [2.05, 4.69) is 10.6 Å². The maximum atomic E-state index is 12.0. The monoisotopic (exact) mass is 358 g/mol. The number of ether oxygens (including phenoxy) is 2. The lowest BCUT2D eigenvalue weighted by Crippen LogP contribution is -2.21. The number of anilines is 1. The number of aromatic hydroxyl groups is 1. The van der Waals surface area contributed by atoms with Crippen LogP contribution in [0.15, 0.2) is 42.5 Å². The number of methoxy groups -OCH3 is 1. The minimum absolute atomic E-state index is 0.105.